The van der Waals surface area contributed by atoms with Gasteiger partial charge in [0, 0.05) is 49.1 Å². The van der Waals surface area contributed by atoms with Crippen LogP contribution >= 0.6 is 0 Å². The first-order chi connectivity index (χ1) is 16.9. The van der Waals surface area contributed by atoms with E-state index in [-0.39, 0.29) is 17.2 Å². The van der Waals surface area contributed by atoms with Gasteiger partial charge in [-0.15, -0.1) is 0 Å². The van der Waals surface area contributed by atoms with E-state index in [9.17, 15) is 19.7 Å². The van der Waals surface area contributed by atoms with Crippen molar-refractivity contribution in [2.24, 2.45) is 0 Å². The van der Waals surface area contributed by atoms with Crippen molar-refractivity contribution in [3.05, 3.63) is 63.7 Å². The molecule has 1 heterocycles. The van der Waals surface area contributed by atoms with Crippen molar-refractivity contribution in [3.8, 4) is 0 Å². The summed E-state index contributed by atoms with van der Waals surface area (Å²) in [7, 11) is 0. The van der Waals surface area contributed by atoms with Crippen molar-refractivity contribution in [2.75, 3.05) is 49.5 Å². The number of hydrogen-bond acceptors (Lipinski definition) is 6. The minimum absolute atomic E-state index is 0.0590. The molecule has 0 saturated carbocycles. The summed E-state index contributed by atoms with van der Waals surface area (Å²) < 4.78 is 0. The molecule has 2 amide bonds. The molecule has 35 heavy (non-hydrogen) atoms. The number of anilines is 2. The molecule has 188 valence electrons. The van der Waals surface area contributed by atoms with Crippen LogP contribution in [0.1, 0.15) is 60.2 Å². The minimum Gasteiger partial charge on any atom is -0.366 e. The molecule has 9 heteroatoms. The Bertz CT molecular complexity index is 1010. The Morgan fingerprint density at radius 1 is 0.943 bits per heavy atom. The van der Waals surface area contributed by atoms with Crippen LogP contribution < -0.4 is 15.5 Å². The second-order valence-corrected chi connectivity index (χ2v) is 8.68. The Morgan fingerprint density at radius 2 is 1.57 bits per heavy atom. The molecule has 1 aliphatic rings. The number of benzene rings is 2. The quantitative estimate of drug-likeness (QED) is 0.387. The van der Waals surface area contributed by atoms with Crippen LogP contribution in [-0.4, -0.2) is 60.9 Å². The van der Waals surface area contributed by atoms with E-state index >= 15 is 0 Å². The van der Waals surface area contributed by atoms with Gasteiger partial charge < -0.3 is 20.4 Å². The SMILES string of the molecule is CCN(CC)CCNC(=O)c1ccc(NC(=O)c2ccc(N3CCCCCC3)c([N+](=O)[O-])c2)cc1. The monoisotopic (exact) mass is 481 g/mol. The predicted octanol–water partition coefficient (Wildman–Crippen LogP) is 4.30. The first-order valence-corrected chi connectivity index (χ1v) is 12.4. The van der Waals surface area contributed by atoms with Crippen LogP contribution in [0.4, 0.5) is 17.1 Å². The Labute approximate surface area is 206 Å². The summed E-state index contributed by atoms with van der Waals surface area (Å²) in [6.45, 7) is 8.95. The predicted molar refractivity (Wildman–Crippen MR) is 138 cm³/mol. The molecule has 0 radical (unpaired) electrons. The lowest BCUT2D eigenvalue weighted by Crippen LogP contribution is -2.34. The van der Waals surface area contributed by atoms with Gasteiger partial charge in [-0.25, -0.2) is 0 Å². The molecule has 0 unspecified atom stereocenters. The number of likely N-dealkylation sites (N-methyl/N-ethyl adjacent to an activating group) is 1. The summed E-state index contributed by atoms with van der Waals surface area (Å²) in [5.74, 6) is -0.610. The number of carbonyl (C=O) groups excluding carboxylic acids is 2. The van der Waals surface area contributed by atoms with Crippen molar-refractivity contribution < 1.29 is 14.5 Å². The summed E-state index contributed by atoms with van der Waals surface area (Å²) in [6, 6.07) is 11.2. The van der Waals surface area contributed by atoms with Gasteiger partial charge in [0.15, 0.2) is 0 Å². The zero-order chi connectivity index (χ0) is 25.2. The number of rotatable bonds is 10. The third-order valence-electron chi connectivity index (χ3n) is 6.39. The molecule has 0 bridgehead atoms. The number of carbonyl (C=O) groups is 2. The Hall–Kier alpha value is -3.46. The molecule has 3 rings (SSSR count). The Balaban J connectivity index is 1.63. The van der Waals surface area contributed by atoms with Crippen molar-refractivity contribution in [1.82, 2.24) is 10.2 Å². The first-order valence-electron chi connectivity index (χ1n) is 12.4. The molecule has 1 fully saturated rings. The summed E-state index contributed by atoms with van der Waals surface area (Å²) in [5.41, 5.74) is 1.73. The summed E-state index contributed by atoms with van der Waals surface area (Å²) >= 11 is 0. The fraction of sp³-hybridized carbons (Fsp3) is 0.462. The molecule has 1 saturated heterocycles. The number of hydrogen-bond donors (Lipinski definition) is 2. The molecule has 2 aromatic rings. The van der Waals surface area contributed by atoms with Crippen LogP contribution in [0.15, 0.2) is 42.5 Å². The maximum absolute atomic E-state index is 12.8. The zero-order valence-corrected chi connectivity index (χ0v) is 20.6. The molecular weight excluding hydrogens is 446 g/mol. The van der Waals surface area contributed by atoms with E-state index in [0.717, 1.165) is 58.4 Å². The molecular formula is C26H35N5O4. The fourth-order valence-electron chi connectivity index (χ4n) is 4.27. The second-order valence-electron chi connectivity index (χ2n) is 8.68. The van der Waals surface area contributed by atoms with Gasteiger partial charge in [-0.05, 0) is 62.3 Å². The van der Waals surface area contributed by atoms with Crippen LogP contribution in [0.2, 0.25) is 0 Å². The van der Waals surface area contributed by atoms with Gasteiger partial charge in [0.25, 0.3) is 17.5 Å². The average Bonchev–Trinajstić information content (AvgIpc) is 3.16. The molecule has 0 atom stereocenters. The maximum atomic E-state index is 12.8. The van der Waals surface area contributed by atoms with Crippen LogP contribution in [0.3, 0.4) is 0 Å². The standard InChI is InChI=1S/C26H35N5O4/c1-3-29(4-2)18-15-27-25(32)20-9-12-22(13-10-20)28-26(33)21-11-14-23(24(19-21)31(34)35)30-16-7-5-6-8-17-30/h9-14,19H,3-8,15-18H2,1-2H3,(H,27,32)(H,28,33). The fourth-order valence-corrected chi connectivity index (χ4v) is 4.27. The summed E-state index contributed by atoms with van der Waals surface area (Å²) in [6.07, 6.45) is 4.26. The van der Waals surface area contributed by atoms with Crippen molar-refractivity contribution >= 4 is 28.9 Å². The molecule has 2 aromatic carbocycles. The van der Waals surface area contributed by atoms with Crippen LogP contribution in [0.5, 0.6) is 0 Å². The van der Waals surface area contributed by atoms with E-state index in [0.29, 0.717) is 23.5 Å². The lowest BCUT2D eigenvalue weighted by atomic mass is 10.1. The van der Waals surface area contributed by atoms with Gasteiger partial charge in [-0.2, -0.15) is 0 Å². The third-order valence-corrected chi connectivity index (χ3v) is 6.39. The van der Waals surface area contributed by atoms with E-state index in [1.807, 2.05) is 4.90 Å². The van der Waals surface area contributed by atoms with E-state index in [1.165, 1.54) is 6.07 Å². The average molecular weight is 482 g/mol. The second kappa shape index (κ2) is 12.9. The van der Waals surface area contributed by atoms with E-state index < -0.39 is 10.8 Å². The number of nitrogens with zero attached hydrogens (tertiary/aromatic N) is 3. The number of nitro benzene ring substituents is 1. The molecule has 0 aromatic heterocycles. The van der Waals surface area contributed by atoms with Gasteiger partial charge in [0.2, 0.25) is 0 Å². The summed E-state index contributed by atoms with van der Waals surface area (Å²) in [4.78, 5) is 40.7. The third kappa shape index (κ3) is 7.26. The van der Waals surface area contributed by atoms with Crippen LogP contribution in [0, 0.1) is 10.1 Å². The first kappa shape index (κ1) is 26.2. The smallest absolute Gasteiger partial charge is 0.293 e. The molecule has 0 spiro atoms. The molecule has 1 aliphatic heterocycles. The zero-order valence-electron chi connectivity index (χ0n) is 20.6. The highest BCUT2D eigenvalue weighted by atomic mass is 16.6. The van der Waals surface area contributed by atoms with Gasteiger partial charge >= 0.3 is 0 Å². The maximum Gasteiger partial charge on any atom is 0.293 e. The van der Waals surface area contributed by atoms with Gasteiger partial charge in [-0.3, -0.25) is 19.7 Å². The van der Waals surface area contributed by atoms with E-state index in [4.69, 9.17) is 0 Å². The topological polar surface area (TPSA) is 108 Å². The van der Waals surface area contributed by atoms with Gasteiger partial charge in [-0.1, -0.05) is 26.7 Å². The van der Waals surface area contributed by atoms with Crippen molar-refractivity contribution in [1.29, 1.82) is 0 Å². The van der Waals surface area contributed by atoms with Gasteiger partial charge in [0.05, 0.1) is 4.92 Å². The highest BCUT2D eigenvalue weighted by Gasteiger charge is 2.22. The molecule has 2 N–H and O–H groups in total. The normalized spacial score (nSPS) is 13.9. The largest absolute Gasteiger partial charge is 0.366 e. The summed E-state index contributed by atoms with van der Waals surface area (Å²) in [5, 5.41) is 17.4. The number of nitrogens with one attached hydrogen (secondary N) is 2. The minimum atomic E-state index is -0.438. The lowest BCUT2D eigenvalue weighted by molar-refractivity contribution is -0.384. The molecule has 0 aliphatic carbocycles. The number of nitro groups is 1. The highest BCUT2D eigenvalue weighted by molar-refractivity contribution is 6.05. The lowest BCUT2D eigenvalue weighted by Gasteiger charge is -2.22. The van der Waals surface area contributed by atoms with Gasteiger partial charge in [0.1, 0.15) is 5.69 Å². The Kier molecular flexibility index (Phi) is 9.60. The van der Waals surface area contributed by atoms with E-state index in [2.05, 4.69) is 29.4 Å². The number of amides is 2. The van der Waals surface area contributed by atoms with Crippen LogP contribution in [0.25, 0.3) is 0 Å². The molecule has 9 nitrogen and oxygen atoms in total. The van der Waals surface area contributed by atoms with Crippen molar-refractivity contribution in [3.63, 3.8) is 0 Å². The highest BCUT2D eigenvalue weighted by Crippen LogP contribution is 2.31. The van der Waals surface area contributed by atoms with Crippen molar-refractivity contribution in [2.45, 2.75) is 39.5 Å². The van der Waals surface area contributed by atoms with Crippen LogP contribution in [-0.2, 0) is 0 Å². The Morgan fingerprint density at radius 3 is 2.17 bits per heavy atom. The van der Waals surface area contributed by atoms with E-state index in [1.54, 1.807) is 36.4 Å².